The summed E-state index contributed by atoms with van der Waals surface area (Å²) in [6.45, 7) is 4.14. The number of primary amides is 1. The molecule has 0 aromatic carbocycles. The number of ether oxygens (including phenoxy) is 1. The first-order chi connectivity index (χ1) is 8.88. The zero-order valence-corrected chi connectivity index (χ0v) is 11.6. The summed E-state index contributed by atoms with van der Waals surface area (Å²) in [6.07, 6.45) is 2.27. The van der Waals surface area contributed by atoms with Crippen molar-refractivity contribution in [3.63, 3.8) is 0 Å². The summed E-state index contributed by atoms with van der Waals surface area (Å²) in [5.74, 6) is -0.736. The van der Waals surface area contributed by atoms with Crippen molar-refractivity contribution in [3.8, 4) is 0 Å². The van der Waals surface area contributed by atoms with Gasteiger partial charge in [-0.1, -0.05) is 0 Å². The van der Waals surface area contributed by atoms with Gasteiger partial charge in [-0.05, 0) is 39.5 Å². The van der Waals surface area contributed by atoms with Gasteiger partial charge in [0.15, 0.2) is 0 Å². The Kier molecular flexibility index (Phi) is 5.75. The predicted molar refractivity (Wildman–Crippen MR) is 70.2 cm³/mol. The summed E-state index contributed by atoms with van der Waals surface area (Å²) in [7, 11) is 0. The van der Waals surface area contributed by atoms with Crippen LogP contribution in [0.2, 0.25) is 0 Å². The number of carbonyl (C=O) groups excluding carboxylic acids is 2. The average Bonchev–Trinajstić information content (AvgIpc) is 2.37. The van der Waals surface area contributed by atoms with Crippen molar-refractivity contribution >= 4 is 11.9 Å². The predicted octanol–water partition coefficient (Wildman–Crippen LogP) is -0.0658. The molecule has 1 atom stereocenters. The first-order valence-corrected chi connectivity index (χ1v) is 6.79. The second-order valence-electron chi connectivity index (χ2n) is 5.26. The zero-order valence-electron chi connectivity index (χ0n) is 11.6. The molecule has 0 radical (unpaired) electrons. The van der Waals surface area contributed by atoms with Crippen molar-refractivity contribution in [1.29, 1.82) is 0 Å². The van der Waals surface area contributed by atoms with E-state index >= 15 is 0 Å². The molecule has 110 valence electrons. The van der Waals surface area contributed by atoms with Crippen LogP contribution in [0.4, 0.5) is 0 Å². The van der Waals surface area contributed by atoms with Crippen LogP contribution in [-0.4, -0.2) is 41.8 Å². The molecule has 6 nitrogen and oxygen atoms in total. The molecule has 6 heteroatoms. The summed E-state index contributed by atoms with van der Waals surface area (Å²) >= 11 is 0. The molecule has 4 N–H and O–H groups in total. The number of esters is 1. The van der Waals surface area contributed by atoms with Gasteiger partial charge in [0, 0.05) is 6.54 Å². The maximum Gasteiger partial charge on any atom is 0.308 e. The van der Waals surface area contributed by atoms with E-state index in [9.17, 15) is 14.7 Å². The van der Waals surface area contributed by atoms with Gasteiger partial charge in [0.25, 0.3) is 0 Å². The van der Waals surface area contributed by atoms with Gasteiger partial charge in [-0.2, -0.15) is 0 Å². The number of hydrogen-bond acceptors (Lipinski definition) is 5. The molecular weight excluding hydrogens is 248 g/mol. The number of aliphatic hydroxyl groups is 1. The Bertz CT molecular complexity index is 325. The highest BCUT2D eigenvalue weighted by molar-refractivity contribution is 5.79. The Morgan fingerprint density at radius 1 is 1.47 bits per heavy atom. The molecule has 0 aromatic heterocycles. The van der Waals surface area contributed by atoms with Crippen LogP contribution in [0.1, 0.15) is 39.5 Å². The lowest BCUT2D eigenvalue weighted by Crippen LogP contribution is -2.49. The molecule has 0 saturated heterocycles. The van der Waals surface area contributed by atoms with Gasteiger partial charge < -0.3 is 20.9 Å². The second-order valence-corrected chi connectivity index (χ2v) is 5.26. The topological polar surface area (TPSA) is 102 Å². The molecule has 1 unspecified atom stereocenters. The molecule has 0 heterocycles. The summed E-state index contributed by atoms with van der Waals surface area (Å²) in [6, 6.07) is -0.466. The van der Waals surface area contributed by atoms with Crippen LogP contribution in [0.25, 0.3) is 0 Å². The van der Waals surface area contributed by atoms with E-state index in [0.717, 1.165) is 0 Å². The molecule has 1 aliphatic rings. The van der Waals surface area contributed by atoms with E-state index in [2.05, 4.69) is 5.32 Å². The highest BCUT2D eigenvalue weighted by Gasteiger charge is 2.36. The van der Waals surface area contributed by atoms with E-state index in [4.69, 9.17) is 10.5 Å². The third-order valence-electron chi connectivity index (χ3n) is 3.70. The van der Waals surface area contributed by atoms with Crippen molar-refractivity contribution in [1.82, 2.24) is 5.32 Å². The van der Waals surface area contributed by atoms with Gasteiger partial charge in [-0.15, -0.1) is 0 Å². The average molecular weight is 272 g/mol. The second kappa shape index (κ2) is 6.86. The van der Waals surface area contributed by atoms with Crippen LogP contribution in [0.15, 0.2) is 0 Å². The summed E-state index contributed by atoms with van der Waals surface area (Å²) in [5.41, 5.74) is 4.28. The molecule has 0 spiro atoms. The van der Waals surface area contributed by atoms with Crippen molar-refractivity contribution in [2.75, 3.05) is 13.2 Å². The van der Waals surface area contributed by atoms with E-state index in [1.165, 1.54) is 0 Å². The van der Waals surface area contributed by atoms with Gasteiger partial charge in [-0.25, -0.2) is 0 Å². The van der Waals surface area contributed by atoms with E-state index in [1.807, 2.05) is 0 Å². The lowest BCUT2D eigenvalue weighted by atomic mass is 9.78. The minimum absolute atomic E-state index is 0.117. The summed E-state index contributed by atoms with van der Waals surface area (Å²) < 4.78 is 4.98. The number of rotatable bonds is 6. The molecule has 1 saturated carbocycles. The zero-order chi connectivity index (χ0) is 14.5. The molecule has 0 bridgehead atoms. The fourth-order valence-corrected chi connectivity index (χ4v) is 2.27. The standard InChI is InChI=1S/C13H24N2O4/c1-3-19-12(17)10-4-6-13(18,7-5-10)8-15-9(2)11(14)16/h9-10,15,18H,3-8H2,1-2H3,(H2,14,16). The fraction of sp³-hybridized carbons (Fsp3) is 0.846. The van der Waals surface area contributed by atoms with Crippen LogP contribution in [-0.2, 0) is 14.3 Å². The highest BCUT2D eigenvalue weighted by atomic mass is 16.5. The Morgan fingerprint density at radius 3 is 2.53 bits per heavy atom. The van der Waals surface area contributed by atoms with Crippen molar-refractivity contribution in [2.45, 2.75) is 51.2 Å². The SMILES string of the molecule is CCOC(=O)C1CCC(O)(CNC(C)C(N)=O)CC1. The van der Waals surface area contributed by atoms with Crippen molar-refractivity contribution < 1.29 is 19.4 Å². The third-order valence-corrected chi connectivity index (χ3v) is 3.70. The summed E-state index contributed by atoms with van der Waals surface area (Å²) in [5, 5.41) is 13.3. The van der Waals surface area contributed by atoms with Gasteiger partial charge in [0.2, 0.25) is 5.91 Å². The van der Waals surface area contributed by atoms with Crippen LogP contribution in [0.3, 0.4) is 0 Å². The first kappa shape index (κ1) is 15.9. The highest BCUT2D eigenvalue weighted by Crippen LogP contribution is 2.32. The quantitative estimate of drug-likeness (QED) is 0.588. The minimum atomic E-state index is -0.868. The van der Waals surface area contributed by atoms with E-state index in [1.54, 1.807) is 13.8 Å². The molecule has 19 heavy (non-hydrogen) atoms. The van der Waals surface area contributed by atoms with Crippen LogP contribution >= 0.6 is 0 Å². The lowest BCUT2D eigenvalue weighted by molar-refractivity contribution is -0.151. The van der Waals surface area contributed by atoms with Gasteiger partial charge in [0.1, 0.15) is 0 Å². The largest absolute Gasteiger partial charge is 0.466 e. The van der Waals surface area contributed by atoms with Crippen LogP contribution in [0, 0.1) is 5.92 Å². The fourth-order valence-electron chi connectivity index (χ4n) is 2.27. The van der Waals surface area contributed by atoms with Gasteiger partial charge in [0.05, 0.1) is 24.2 Å². The Morgan fingerprint density at radius 2 is 2.05 bits per heavy atom. The molecule has 1 amide bonds. The van der Waals surface area contributed by atoms with Crippen LogP contribution < -0.4 is 11.1 Å². The van der Waals surface area contributed by atoms with E-state index < -0.39 is 17.6 Å². The Hall–Kier alpha value is -1.14. The molecule has 1 rings (SSSR count). The first-order valence-electron chi connectivity index (χ1n) is 6.79. The molecule has 0 aliphatic heterocycles. The number of carbonyl (C=O) groups is 2. The lowest BCUT2D eigenvalue weighted by Gasteiger charge is -2.35. The third kappa shape index (κ3) is 4.80. The van der Waals surface area contributed by atoms with Crippen molar-refractivity contribution in [3.05, 3.63) is 0 Å². The normalized spacial score (nSPS) is 28.7. The maximum absolute atomic E-state index is 11.6. The number of amides is 1. The number of hydrogen-bond donors (Lipinski definition) is 3. The Balaban J connectivity index is 2.38. The molecule has 1 aliphatic carbocycles. The minimum Gasteiger partial charge on any atom is -0.466 e. The molecule has 0 aromatic rings. The van der Waals surface area contributed by atoms with Crippen molar-refractivity contribution in [2.24, 2.45) is 11.7 Å². The van der Waals surface area contributed by atoms with E-state index in [0.29, 0.717) is 38.8 Å². The number of nitrogens with one attached hydrogen (secondary N) is 1. The molecular formula is C13H24N2O4. The van der Waals surface area contributed by atoms with Gasteiger partial charge >= 0.3 is 5.97 Å². The van der Waals surface area contributed by atoms with Gasteiger partial charge in [-0.3, -0.25) is 9.59 Å². The smallest absolute Gasteiger partial charge is 0.308 e. The van der Waals surface area contributed by atoms with E-state index in [-0.39, 0.29) is 11.9 Å². The summed E-state index contributed by atoms with van der Waals surface area (Å²) in [4.78, 5) is 22.5. The maximum atomic E-state index is 11.6. The number of nitrogens with two attached hydrogens (primary N) is 1. The monoisotopic (exact) mass is 272 g/mol. The molecule has 1 fully saturated rings. The Labute approximate surface area is 113 Å². The van der Waals surface area contributed by atoms with Crippen LogP contribution in [0.5, 0.6) is 0 Å².